The van der Waals surface area contributed by atoms with Crippen LogP contribution >= 0.6 is 0 Å². The minimum Gasteiger partial charge on any atom is -0.497 e. The van der Waals surface area contributed by atoms with Gasteiger partial charge in [0.15, 0.2) is 0 Å². The Kier molecular flexibility index (Phi) is 8.06. The molecule has 0 bridgehead atoms. The van der Waals surface area contributed by atoms with E-state index in [0.29, 0.717) is 16.2 Å². The zero-order valence-corrected chi connectivity index (χ0v) is 24.0. The highest BCUT2D eigenvalue weighted by Gasteiger charge is 2.35. The van der Waals surface area contributed by atoms with Crippen molar-refractivity contribution in [3.63, 3.8) is 0 Å². The number of hydrogen-bond acceptors (Lipinski definition) is 10. The SMILES string of the molecule is COc1ccc(Cn2c(=O)cc(N(C(=O)OC(C)(C)C)C(=O)OC(C)(C)C)c3cnc(S(C)(=O)=O)nc32)cc1. The first-order chi connectivity index (χ1) is 17.9. The molecule has 13 heteroatoms. The first-order valence-electron chi connectivity index (χ1n) is 11.9. The average Bonchev–Trinajstić information content (AvgIpc) is 2.78. The normalized spacial score (nSPS) is 12.2. The Balaban J connectivity index is 2.31. The largest absolute Gasteiger partial charge is 0.497 e. The average molecular weight is 561 g/mol. The number of carbonyl (C=O) groups excluding carboxylic acids is 2. The predicted octanol–water partition coefficient (Wildman–Crippen LogP) is 3.93. The predicted molar refractivity (Wildman–Crippen MR) is 144 cm³/mol. The van der Waals surface area contributed by atoms with Gasteiger partial charge in [0.1, 0.15) is 22.6 Å². The number of sulfone groups is 1. The Morgan fingerprint density at radius 2 is 1.51 bits per heavy atom. The molecule has 1 aromatic carbocycles. The molecule has 0 saturated carbocycles. The van der Waals surface area contributed by atoms with Gasteiger partial charge in [0, 0.05) is 18.5 Å². The molecule has 2 amide bonds. The summed E-state index contributed by atoms with van der Waals surface area (Å²) in [5.41, 5.74) is -2.29. The zero-order valence-electron chi connectivity index (χ0n) is 23.1. The molecule has 0 N–H and O–H groups in total. The maximum atomic E-state index is 13.5. The number of methoxy groups -OCH3 is 1. The summed E-state index contributed by atoms with van der Waals surface area (Å²) < 4.78 is 41.8. The molecule has 0 radical (unpaired) electrons. The fraction of sp³-hybridized carbons (Fsp3) is 0.423. The second kappa shape index (κ2) is 10.6. The number of anilines is 1. The van der Waals surface area contributed by atoms with Crippen LogP contribution < -0.4 is 15.2 Å². The Morgan fingerprint density at radius 1 is 0.974 bits per heavy atom. The smallest absolute Gasteiger partial charge is 0.424 e. The molecule has 3 aromatic rings. The van der Waals surface area contributed by atoms with Crippen molar-refractivity contribution in [1.82, 2.24) is 14.5 Å². The molecule has 3 rings (SSSR count). The number of ether oxygens (including phenoxy) is 3. The van der Waals surface area contributed by atoms with Gasteiger partial charge >= 0.3 is 12.2 Å². The number of rotatable bonds is 5. The molecule has 0 aliphatic heterocycles. The summed E-state index contributed by atoms with van der Waals surface area (Å²) in [5.74, 6) is 0.610. The molecule has 0 saturated heterocycles. The van der Waals surface area contributed by atoms with Gasteiger partial charge in [-0.05, 0) is 59.2 Å². The van der Waals surface area contributed by atoms with Crippen LogP contribution in [0.25, 0.3) is 11.0 Å². The molecule has 0 aliphatic carbocycles. The van der Waals surface area contributed by atoms with Crippen LogP contribution in [0.15, 0.2) is 46.5 Å². The second-order valence-electron chi connectivity index (χ2n) is 10.8. The van der Waals surface area contributed by atoms with Gasteiger partial charge in [-0.3, -0.25) is 9.36 Å². The van der Waals surface area contributed by atoms with E-state index < -0.39 is 43.9 Å². The van der Waals surface area contributed by atoms with Gasteiger partial charge in [-0.15, -0.1) is 0 Å². The van der Waals surface area contributed by atoms with Gasteiger partial charge in [0.25, 0.3) is 5.56 Å². The van der Waals surface area contributed by atoms with Crippen molar-refractivity contribution in [2.45, 2.75) is 64.4 Å². The Hall–Kier alpha value is -4.00. The first kappa shape index (κ1) is 29.6. The molecule has 12 nitrogen and oxygen atoms in total. The number of hydrogen-bond donors (Lipinski definition) is 0. The van der Waals surface area contributed by atoms with Crippen LogP contribution in [0.2, 0.25) is 0 Å². The van der Waals surface area contributed by atoms with Crippen LogP contribution in [0.3, 0.4) is 0 Å². The van der Waals surface area contributed by atoms with Crippen molar-refractivity contribution in [3.8, 4) is 5.75 Å². The van der Waals surface area contributed by atoms with Crippen LogP contribution in [0.1, 0.15) is 47.1 Å². The Morgan fingerprint density at radius 3 is 1.97 bits per heavy atom. The summed E-state index contributed by atoms with van der Waals surface area (Å²) >= 11 is 0. The number of imide groups is 1. The Bertz CT molecular complexity index is 1540. The number of aromatic nitrogens is 3. The highest BCUT2D eigenvalue weighted by Crippen LogP contribution is 2.28. The monoisotopic (exact) mass is 560 g/mol. The third-order valence-corrected chi connectivity index (χ3v) is 5.89. The van der Waals surface area contributed by atoms with Gasteiger partial charge in [0.05, 0.1) is 24.7 Å². The van der Waals surface area contributed by atoms with Gasteiger partial charge < -0.3 is 14.2 Å². The number of benzene rings is 1. The summed E-state index contributed by atoms with van der Waals surface area (Å²) in [6, 6.07) is 7.94. The van der Waals surface area contributed by atoms with Gasteiger partial charge in [0.2, 0.25) is 15.0 Å². The van der Waals surface area contributed by atoms with Crippen LogP contribution in [0.5, 0.6) is 5.75 Å². The molecule has 0 unspecified atom stereocenters. The van der Waals surface area contributed by atoms with E-state index in [0.717, 1.165) is 18.5 Å². The van der Waals surface area contributed by atoms with Crippen molar-refractivity contribution in [2.24, 2.45) is 0 Å². The van der Waals surface area contributed by atoms with Crippen molar-refractivity contribution in [1.29, 1.82) is 0 Å². The molecule has 2 heterocycles. The fourth-order valence-electron chi connectivity index (χ4n) is 3.44. The van der Waals surface area contributed by atoms with E-state index in [1.165, 1.54) is 11.7 Å². The summed E-state index contributed by atoms with van der Waals surface area (Å²) in [4.78, 5) is 48.6. The minimum absolute atomic E-state index is 0.00129. The number of carbonyl (C=O) groups is 2. The molecule has 210 valence electrons. The van der Waals surface area contributed by atoms with Crippen LogP contribution in [-0.2, 0) is 25.9 Å². The highest BCUT2D eigenvalue weighted by molar-refractivity contribution is 7.90. The maximum absolute atomic E-state index is 13.5. The molecular formula is C26H32N4O8S. The van der Waals surface area contributed by atoms with Gasteiger partial charge in [-0.2, -0.15) is 9.88 Å². The van der Waals surface area contributed by atoms with Crippen molar-refractivity contribution in [2.75, 3.05) is 18.3 Å². The lowest BCUT2D eigenvalue weighted by molar-refractivity contribution is 0.0431. The second-order valence-corrected chi connectivity index (χ2v) is 12.7. The van der Waals surface area contributed by atoms with Crippen molar-refractivity contribution in [3.05, 3.63) is 52.4 Å². The third kappa shape index (κ3) is 7.31. The lowest BCUT2D eigenvalue weighted by Crippen LogP contribution is -2.44. The maximum Gasteiger partial charge on any atom is 0.424 e. The summed E-state index contributed by atoms with van der Waals surface area (Å²) in [7, 11) is -2.35. The number of pyridine rings is 1. The van der Waals surface area contributed by atoms with E-state index in [1.807, 2.05) is 0 Å². The highest BCUT2D eigenvalue weighted by atomic mass is 32.2. The summed E-state index contributed by atoms with van der Waals surface area (Å²) in [6.45, 7) is 9.69. The molecule has 39 heavy (non-hydrogen) atoms. The fourth-order valence-corrected chi connectivity index (χ4v) is 3.93. The molecule has 0 aliphatic rings. The number of amides is 2. The lowest BCUT2D eigenvalue weighted by atomic mass is 10.2. The van der Waals surface area contributed by atoms with E-state index >= 15 is 0 Å². The molecule has 0 fully saturated rings. The minimum atomic E-state index is -3.87. The summed E-state index contributed by atoms with van der Waals surface area (Å²) in [5, 5.41) is -0.483. The molecular weight excluding hydrogens is 528 g/mol. The van der Waals surface area contributed by atoms with E-state index in [4.69, 9.17) is 14.2 Å². The van der Waals surface area contributed by atoms with Crippen LogP contribution in [-0.4, -0.2) is 59.7 Å². The van der Waals surface area contributed by atoms with Gasteiger partial charge in [-0.1, -0.05) is 12.1 Å². The standard InChI is InChI=1S/C26H32N4O8S/c1-25(2,3)37-23(32)30(24(33)38-26(4,5)6)19-13-20(31)29(15-16-9-11-17(36-7)12-10-16)21-18(19)14-27-22(28-21)39(8,34)35/h9-14H,15H2,1-8H3. The molecule has 0 atom stereocenters. The number of nitrogens with zero attached hydrogens (tertiary/aromatic N) is 4. The zero-order chi connectivity index (χ0) is 29.3. The van der Waals surface area contributed by atoms with Gasteiger partial charge in [-0.25, -0.2) is 23.0 Å². The van der Waals surface area contributed by atoms with Crippen molar-refractivity contribution < 1.29 is 32.2 Å². The summed E-state index contributed by atoms with van der Waals surface area (Å²) in [6.07, 6.45) is -0.132. The first-order valence-corrected chi connectivity index (χ1v) is 13.8. The van der Waals surface area contributed by atoms with Crippen molar-refractivity contribution >= 4 is 38.7 Å². The quantitative estimate of drug-likeness (QED) is 0.420. The van der Waals surface area contributed by atoms with E-state index in [2.05, 4.69) is 9.97 Å². The van der Waals surface area contributed by atoms with E-state index in [9.17, 15) is 22.8 Å². The molecule has 0 spiro atoms. The van der Waals surface area contributed by atoms with E-state index in [-0.39, 0.29) is 23.3 Å². The Labute approximate surface area is 226 Å². The molecule has 2 aromatic heterocycles. The van der Waals surface area contributed by atoms with Crippen LogP contribution in [0, 0.1) is 0 Å². The van der Waals surface area contributed by atoms with E-state index in [1.54, 1.807) is 65.8 Å². The third-order valence-electron chi connectivity index (χ3n) is 5.03. The lowest BCUT2D eigenvalue weighted by Gasteiger charge is -2.29. The number of fused-ring (bicyclic) bond motifs is 1. The van der Waals surface area contributed by atoms with Crippen LogP contribution in [0.4, 0.5) is 15.3 Å². The topological polar surface area (TPSA) is 147 Å².